The van der Waals surface area contributed by atoms with Gasteiger partial charge in [-0.2, -0.15) is 0 Å². The lowest BCUT2D eigenvalue weighted by atomic mass is 10.1. The third kappa shape index (κ3) is 5.26. The average molecular weight is 238 g/mol. The van der Waals surface area contributed by atoms with Gasteiger partial charge in [0.05, 0.1) is 0 Å². The van der Waals surface area contributed by atoms with Crippen LogP contribution < -0.4 is 5.32 Å². The molecule has 1 aliphatic heterocycles. The maximum absolute atomic E-state index is 9.54. The van der Waals surface area contributed by atoms with Gasteiger partial charge in [-0.05, 0) is 32.6 Å². The molecule has 0 spiro atoms. The van der Waals surface area contributed by atoms with Crippen molar-refractivity contribution < 1.29 is 5.11 Å². The molecule has 2 unspecified atom stereocenters. The summed E-state index contributed by atoms with van der Waals surface area (Å²) in [6.07, 6.45) is 15.4. The van der Waals surface area contributed by atoms with E-state index in [0.29, 0.717) is 0 Å². The van der Waals surface area contributed by atoms with Crippen molar-refractivity contribution in [1.29, 1.82) is 0 Å². The van der Waals surface area contributed by atoms with E-state index in [-0.39, 0.29) is 6.17 Å². The van der Waals surface area contributed by atoms with Gasteiger partial charge in [0, 0.05) is 12.4 Å². The van der Waals surface area contributed by atoms with Crippen LogP contribution in [-0.2, 0) is 0 Å². The Labute approximate surface area is 105 Å². The molecule has 98 valence electrons. The van der Waals surface area contributed by atoms with Gasteiger partial charge in [0.1, 0.15) is 12.4 Å². The number of unbranched alkanes of at least 4 members (excludes halogenated alkanes) is 3. The minimum absolute atomic E-state index is 0.263. The molecular weight excluding hydrogens is 212 g/mol. The lowest BCUT2D eigenvalue weighted by molar-refractivity contribution is 0.0257. The second-order valence-corrected chi connectivity index (χ2v) is 4.62. The fraction of sp³-hybridized carbons (Fsp3) is 0.714. The van der Waals surface area contributed by atoms with Crippen LogP contribution in [0.4, 0.5) is 0 Å². The summed E-state index contributed by atoms with van der Waals surface area (Å²) >= 11 is 0. The van der Waals surface area contributed by atoms with Crippen molar-refractivity contribution in [3.8, 4) is 0 Å². The summed E-state index contributed by atoms with van der Waals surface area (Å²) in [4.78, 5) is 1.96. The number of nitrogens with one attached hydrogen (secondary N) is 1. The molecule has 2 atom stereocenters. The maximum atomic E-state index is 9.54. The summed E-state index contributed by atoms with van der Waals surface area (Å²) in [5.41, 5.74) is 0. The summed E-state index contributed by atoms with van der Waals surface area (Å²) in [6.45, 7) is 4.02. The summed E-state index contributed by atoms with van der Waals surface area (Å²) in [7, 11) is 0. The molecular formula is C14H26N2O. The topological polar surface area (TPSA) is 35.5 Å². The fourth-order valence-electron chi connectivity index (χ4n) is 2.03. The molecule has 0 aromatic carbocycles. The first-order chi connectivity index (χ1) is 8.25. The van der Waals surface area contributed by atoms with E-state index < -0.39 is 6.23 Å². The number of aliphatic hydroxyl groups excluding tert-OH is 1. The van der Waals surface area contributed by atoms with Crippen LogP contribution in [-0.4, -0.2) is 22.4 Å². The van der Waals surface area contributed by atoms with Gasteiger partial charge in [0.15, 0.2) is 0 Å². The van der Waals surface area contributed by atoms with Crippen molar-refractivity contribution in [2.75, 3.05) is 0 Å². The van der Waals surface area contributed by atoms with Crippen molar-refractivity contribution in [3.05, 3.63) is 24.6 Å². The highest BCUT2D eigenvalue weighted by Gasteiger charge is 2.20. The minimum atomic E-state index is -0.411. The van der Waals surface area contributed by atoms with Crippen LogP contribution >= 0.6 is 0 Å². The smallest absolute Gasteiger partial charge is 0.125 e. The lowest BCUT2D eigenvalue weighted by Crippen LogP contribution is -2.40. The van der Waals surface area contributed by atoms with Crippen molar-refractivity contribution >= 4 is 0 Å². The number of hydrogen-bond acceptors (Lipinski definition) is 3. The van der Waals surface area contributed by atoms with Gasteiger partial charge in [-0.3, -0.25) is 0 Å². The third-order valence-corrected chi connectivity index (χ3v) is 3.07. The van der Waals surface area contributed by atoms with Crippen molar-refractivity contribution in [1.82, 2.24) is 10.2 Å². The summed E-state index contributed by atoms with van der Waals surface area (Å²) in [5, 5.41) is 12.8. The van der Waals surface area contributed by atoms with Crippen LogP contribution in [0.2, 0.25) is 0 Å². The Morgan fingerprint density at radius 1 is 1.35 bits per heavy atom. The lowest BCUT2D eigenvalue weighted by Gasteiger charge is -2.27. The van der Waals surface area contributed by atoms with E-state index in [9.17, 15) is 5.11 Å². The highest BCUT2D eigenvalue weighted by atomic mass is 16.3. The first kappa shape index (κ1) is 14.1. The largest absolute Gasteiger partial charge is 0.374 e. The molecule has 0 saturated heterocycles. The Bertz CT molecular complexity index is 249. The molecule has 0 aromatic rings. The molecule has 3 nitrogen and oxygen atoms in total. The van der Waals surface area contributed by atoms with E-state index in [1.165, 1.54) is 19.3 Å². The van der Waals surface area contributed by atoms with Crippen LogP contribution in [0.3, 0.4) is 0 Å². The zero-order valence-electron chi connectivity index (χ0n) is 11.1. The second kappa shape index (κ2) is 8.18. The third-order valence-electron chi connectivity index (χ3n) is 3.07. The van der Waals surface area contributed by atoms with Crippen molar-refractivity contribution in [2.45, 2.75) is 64.8 Å². The number of rotatable bonds is 8. The van der Waals surface area contributed by atoms with Gasteiger partial charge in [0.25, 0.3) is 0 Å². The summed E-state index contributed by atoms with van der Waals surface area (Å²) in [5.74, 6) is 0. The van der Waals surface area contributed by atoms with Gasteiger partial charge in [-0.25, -0.2) is 0 Å². The molecule has 1 heterocycles. The quantitative estimate of drug-likeness (QED) is 0.504. The first-order valence-electron chi connectivity index (χ1n) is 6.79. The van der Waals surface area contributed by atoms with Crippen LogP contribution in [0.1, 0.15) is 52.4 Å². The minimum Gasteiger partial charge on any atom is -0.374 e. The van der Waals surface area contributed by atoms with E-state index in [1.54, 1.807) is 6.92 Å². The Morgan fingerprint density at radius 2 is 2.06 bits per heavy atom. The molecule has 0 aliphatic carbocycles. The van der Waals surface area contributed by atoms with E-state index in [2.05, 4.69) is 24.4 Å². The van der Waals surface area contributed by atoms with Crippen LogP contribution in [0.25, 0.3) is 0 Å². The standard InChI is InChI=1S/C14H26N2O/c1-3-4-5-6-7-8-9-10-14-15-11-12-16(14)13(2)17/h6-7,11-15,17H,3-5,8-10H2,1-2H3/b7-6+. The van der Waals surface area contributed by atoms with Crippen LogP contribution in [0.15, 0.2) is 24.6 Å². The molecule has 1 rings (SSSR count). The summed E-state index contributed by atoms with van der Waals surface area (Å²) < 4.78 is 0. The van der Waals surface area contributed by atoms with E-state index >= 15 is 0 Å². The van der Waals surface area contributed by atoms with Crippen molar-refractivity contribution in [3.63, 3.8) is 0 Å². The molecule has 0 bridgehead atoms. The number of hydrogen-bond donors (Lipinski definition) is 2. The van der Waals surface area contributed by atoms with E-state index in [1.807, 2.05) is 17.3 Å². The second-order valence-electron chi connectivity index (χ2n) is 4.62. The average Bonchev–Trinajstić information content (AvgIpc) is 2.76. The molecule has 2 N–H and O–H groups in total. The maximum Gasteiger partial charge on any atom is 0.125 e. The Kier molecular flexibility index (Phi) is 6.78. The molecule has 3 heteroatoms. The van der Waals surface area contributed by atoms with Crippen molar-refractivity contribution in [2.24, 2.45) is 0 Å². The number of aliphatic hydroxyl groups is 1. The predicted molar refractivity (Wildman–Crippen MR) is 72.1 cm³/mol. The van der Waals surface area contributed by atoms with Gasteiger partial charge < -0.3 is 15.3 Å². The normalized spacial score (nSPS) is 21.1. The predicted octanol–water partition coefficient (Wildman–Crippen LogP) is 2.94. The fourth-order valence-corrected chi connectivity index (χ4v) is 2.03. The molecule has 0 amide bonds. The van der Waals surface area contributed by atoms with Crippen LogP contribution in [0.5, 0.6) is 0 Å². The molecule has 1 aliphatic rings. The highest BCUT2D eigenvalue weighted by molar-refractivity contribution is 4.94. The molecule has 0 saturated carbocycles. The first-order valence-corrected chi connectivity index (χ1v) is 6.79. The monoisotopic (exact) mass is 238 g/mol. The highest BCUT2D eigenvalue weighted by Crippen LogP contribution is 2.14. The summed E-state index contributed by atoms with van der Waals surface area (Å²) in [6, 6.07) is 0. The van der Waals surface area contributed by atoms with Gasteiger partial charge in [-0.1, -0.05) is 31.9 Å². The van der Waals surface area contributed by atoms with Crippen LogP contribution in [0, 0.1) is 0 Å². The molecule has 0 radical (unpaired) electrons. The van der Waals surface area contributed by atoms with E-state index in [4.69, 9.17) is 0 Å². The van der Waals surface area contributed by atoms with E-state index in [0.717, 1.165) is 19.3 Å². The van der Waals surface area contributed by atoms with Gasteiger partial charge in [-0.15, -0.1) is 0 Å². The number of nitrogens with zero attached hydrogens (tertiary/aromatic N) is 1. The molecule has 0 aromatic heterocycles. The SMILES string of the molecule is CCCC/C=C/CCCC1NC=CN1C(C)O. The van der Waals surface area contributed by atoms with Gasteiger partial charge >= 0.3 is 0 Å². The zero-order valence-corrected chi connectivity index (χ0v) is 11.1. The molecule has 0 fully saturated rings. The Hall–Kier alpha value is -0.960. The Balaban J connectivity index is 2.08. The zero-order chi connectivity index (χ0) is 12.5. The molecule has 17 heavy (non-hydrogen) atoms. The Morgan fingerprint density at radius 3 is 2.71 bits per heavy atom. The van der Waals surface area contributed by atoms with Gasteiger partial charge in [0.2, 0.25) is 0 Å². The number of allylic oxidation sites excluding steroid dienone is 2.